The van der Waals surface area contributed by atoms with Crippen LogP contribution in [0.2, 0.25) is 0 Å². The molecular weight excluding hydrogens is 384 g/mol. The van der Waals surface area contributed by atoms with Crippen molar-refractivity contribution in [3.63, 3.8) is 0 Å². The van der Waals surface area contributed by atoms with Gasteiger partial charge in [0, 0.05) is 19.0 Å². The molecule has 8 heteroatoms. The van der Waals surface area contributed by atoms with E-state index in [-0.39, 0.29) is 18.4 Å². The van der Waals surface area contributed by atoms with Crippen LogP contribution >= 0.6 is 22.7 Å². The highest BCUT2D eigenvalue weighted by Crippen LogP contribution is 2.29. The van der Waals surface area contributed by atoms with Crippen molar-refractivity contribution in [2.24, 2.45) is 5.41 Å². The number of carbonyl (C=O) groups is 3. The van der Waals surface area contributed by atoms with Gasteiger partial charge >= 0.3 is 5.97 Å². The number of hydrogen-bond acceptors (Lipinski definition) is 6. The number of anilines is 1. The number of amides is 2. The zero-order chi connectivity index (χ0) is 20.2. The molecule has 2 heterocycles. The molecule has 0 saturated heterocycles. The van der Waals surface area contributed by atoms with Gasteiger partial charge in [-0.15, -0.1) is 11.3 Å². The molecule has 0 spiro atoms. The van der Waals surface area contributed by atoms with Crippen molar-refractivity contribution in [1.82, 2.24) is 4.90 Å². The number of likely N-dealkylation sites (N-methyl/N-ethyl adjacent to an activating group) is 1. The molecule has 0 bridgehead atoms. The van der Waals surface area contributed by atoms with Crippen LogP contribution in [0.1, 0.15) is 41.6 Å². The summed E-state index contributed by atoms with van der Waals surface area (Å²) in [7, 11) is 1.67. The van der Waals surface area contributed by atoms with Gasteiger partial charge in [0.2, 0.25) is 5.91 Å². The Kier molecular flexibility index (Phi) is 6.78. The number of nitrogens with one attached hydrogen (secondary N) is 1. The summed E-state index contributed by atoms with van der Waals surface area (Å²) >= 11 is 2.71. The van der Waals surface area contributed by atoms with Gasteiger partial charge in [0.15, 0.2) is 6.61 Å². The van der Waals surface area contributed by atoms with Crippen molar-refractivity contribution in [3.8, 4) is 0 Å². The number of esters is 1. The smallest absolute Gasteiger partial charge is 0.349 e. The molecule has 146 valence electrons. The Balaban J connectivity index is 1.92. The first-order valence-electron chi connectivity index (χ1n) is 8.42. The highest BCUT2D eigenvalue weighted by molar-refractivity contribution is 7.18. The SMILES string of the molecule is Cc1cc(NC(=O)C(C)(C)C)sc1C(=O)OCC(=O)N(C)Cc1ccsc1. The molecule has 0 saturated carbocycles. The lowest BCUT2D eigenvalue weighted by Gasteiger charge is -2.16. The fourth-order valence-corrected chi connectivity index (χ4v) is 3.71. The van der Waals surface area contributed by atoms with Crippen LogP contribution in [-0.2, 0) is 20.9 Å². The summed E-state index contributed by atoms with van der Waals surface area (Å²) in [6, 6.07) is 3.68. The minimum absolute atomic E-state index is 0.131. The third-order valence-electron chi connectivity index (χ3n) is 3.77. The lowest BCUT2D eigenvalue weighted by molar-refractivity contribution is -0.133. The van der Waals surface area contributed by atoms with Crippen molar-refractivity contribution in [1.29, 1.82) is 0 Å². The molecule has 0 aliphatic heterocycles. The number of thiophene rings is 2. The molecule has 6 nitrogen and oxygen atoms in total. The average Bonchev–Trinajstić information content (AvgIpc) is 3.20. The van der Waals surface area contributed by atoms with Gasteiger partial charge in [0.05, 0.1) is 5.00 Å². The van der Waals surface area contributed by atoms with E-state index in [1.54, 1.807) is 31.4 Å². The van der Waals surface area contributed by atoms with E-state index in [0.717, 1.165) is 16.9 Å². The first-order chi connectivity index (χ1) is 12.6. The second-order valence-corrected chi connectivity index (χ2v) is 9.12. The average molecular weight is 409 g/mol. The molecule has 2 aromatic heterocycles. The van der Waals surface area contributed by atoms with Crippen molar-refractivity contribution in [2.75, 3.05) is 19.0 Å². The summed E-state index contributed by atoms with van der Waals surface area (Å²) in [5, 5.41) is 7.31. The van der Waals surface area contributed by atoms with Crippen LogP contribution in [0.5, 0.6) is 0 Å². The summed E-state index contributed by atoms with van der Waals surface area (Å²) in [6.07, 6.45) is 0. The quantitative estimate of drug-likeness (QED) is 0.735. The Morgan fingerprint density at radius 1 is 1.26 bits per heavy atom. The van der Waals surface area contributed by atoms with Gasteiger partial charge in [-0.25, -0.2) is 4.79 Å². The van der Waals surface area contributed by atoms with Crippen LogP contribution < -0.4 is 5.32 Å². The lowest BCUT2D eigenvalue weighted by atomic mass is 9.96. The number of nitrogens with zero attached hydrogens (tertiary/aromatic N) is 1. The van der Waals surface area contributed by atoms with E-state index in [2.05, 4.69) is 5.32 Å². The van der Waals surface area contributed by atoms with Crippen LogP contribution in [0.3, 0.4) is 0 Å². The summed E-state index contributed by atoms with van der Waals surface area (Å²) in [6.45, 7) is 7.37. The molecule has 0 aliphatic carbocycles. The van der Waals surface area contributed by atoms with E-state index < -0.39 is 11.4 Å². The zero-order valence-corrected chi connectivity index (χ0v) is 17.8. The van der Waals surface area contributed by atoms with Crippen LogP contribution in [-0.4, -0.2) is 36.3 Å². The molecule has 2 amide bonds. The van der Waals surface area contributed by atoms with Crippen molar-refractivity contribution in [3.05, 3.63) is 38.9 Å². The monoisotopic (exact) mass is 408 g/mol. The van der Waals surface area contributed by atoms with Crippen molar-refractivity contribution < 1.29 is 19.1 Å². The maximum Gasteiger partial charge on any atom is 0.349 e. The van der Waals surface area contributed by atoms with E-state index >= 15 is 0 Å². The molecule has 2 aromatic rings. The molecule has 0 radical (unpaired) electrons. The summed E-state index contributed by atoms with van der Waals surface area (Å²) < 4.78 is 5.17. The third-order valence-corrected chi connectivity index (χ3v) is 5.64. The fraction of sp³-hybridized carbons (Fsp3) is 0.421. The first kappa shape index (κ1) is 21.1. The predicted octanol–water partition coefficient (Wildman–Crippen LogP) is 3.92. The van der Waals surface area contributed by atoms with Gasteiger partial charge < -0.3 is 15.0 Å². The fourth-order valence-electron chi connectivity index (χ4n) is 2.09. The van der Waals surface area contributed by atoms with Crippen LogP contribution in [0, 0.1) is 12.3 Å². The Labute approximate surface area is 167 Å². The van der Waals surface area contributed by atoms with E-state index in [9.17, 15) is 14.4 Å². The van der Waals surface area contributed by atoms with Gasteiger partial charge in [0.25, 0.3) is 5.91 Å². The molecule has 0 fully saturated rings. The van der Waals surface area contributed by atoms with Crippen molar-refractivity contribution in [2.45, 2.75) is 34.2 Å². The lowest BCUT2D eigenvalue weighted by Crippen LogP contribution is -2.30. The number of carbonyl (C=O) groups excluding carboxylic acids is 3. The maximum atomic E-state index is 12.3. The number of ether oxygens (including phenoxy) is 1. The van der Waals surface area contributed by atoms with E-state index in [1.165, 1.54) is 4.90 Å². The Bertz CT molecular complexity index is 819. The molecule has 27 heavy (non-hydrogen) atoms. The highest BCUT2D eigenvalue weighted by atomic mass is 32.1. The van der Waals surface area contributed by atoms with Crippen LogP contribution in [0.4, 0.5) is 5.00 Å². The number of hydrogen-bond donors (Lipinski definition) is 1. The predicted molar refractivity (Wildman–Crippen MR) is 108 cm³/mol. The summed E-state index contributed by atoms with van der Waals surface area (Å²) in [5.41, 5.74) is 1.21. The molecule has 0 atom stereocenters. The molecule has 1 N–H and O–H groups in total. The van der Waals surface area contributed by atoms with E-state index in [1.807, 2.05) is 37.6 Å². The minimum Gasteiger partial charge on any atom is -0.451 e. The van der Waals surface area contributed by atoms with Gasteiger partial charge in [-0.3, -0.25) is 9.59 Å². The Morgan fingerprint density at radius 2 is 1.96 bits per heavy atom. The second-order valence-electron chi connectivity index (χ2n) is 7.28. The molecule has 0 aromatic carbocycles. The van der Waals surface area contributed by atoms with E-state index in [0.29, 0.717) is 22.0 Å². The largest absolute Gasteiger partial charge is 0.451 e. The normalized spacial score (nSPS) is 11.1. The Hall–Kier alpha value is -2.19. The number of rotatable bonds is 6. The van der Waals surface area contributed by atoms with Gasteiger partial charge in [-0.2, -0.15) is 11.3 Å². The summed E-state index contributed by atoms with van der Waals surface area (Å²) in [4.78, 5) is 38.4. The van der Waals surface area contributed by atoms with E-state index in [4.69, 9.17) is 4.74 Å². The highest BCUT2D eigenvalue weighted by Gasteiger charge is 2.23. The molecule has 2 rings (SSSR count). The zero-order valence-electron chi connectivity index (χ0n) is 16.1. The van der Waals surface area contributed by atoms with Gasteiger partial charge in [0.1, 0.15) is 4.88 Å². The van der Waals surface area contributed by atoms with Gasteiger partial charge in [-0.05, 0) is 40.9 Å². The topological polar surface area (TPSA) is 75.7 Å². The first-order valence-corrected chi connectivity index (χ1v) is 10.2. The van der Waals surface area contributed by atoms with Crippen LogP contribution in [0.15, 0.2) is 22.9 Å². The standard InChI is InChI=1S/C19H24N2O4S2/c1-12-8-14(20-18(24)19(2,3)4)27-16(12)17(23)25-10-15(22)21(5)9-13-6-7-26-11-13/h6-8,11H,9-10H2,1-5H3,(H,20,24). The second kappa shape index (κ2) is 8.67. The molecular formula is C19H24N2O4S2. The van der Waals surface area contributed by atoms with Gasteiger partial charge in [-0.1, -0.05) is 20.8 Å². The maximum absolute atomic E-state index is 12.3. The molecule has 0 aliphatic rings. The minimum atomic E-state index is -0.564. The molecule has 0 unspecified atom stereocenters. The third kappa shape index (κ3) is 5.90. The Morgan fingerprint density at radius 3 is 2.56 bits per heavy atom. The van der Waals surface area contributed by atoms with Crippen molar-refractivity contribution >= 4 is 45.5 Å². The number of aryl methyl sites for hydroxylation is 1. The summed E-state index contributed by atoms with van der Waals surface area (Å²) in [5.74, 6) is -0.968. The van der Waals surface area contributed by atoms with Crippen LogP contribution in [0.25, 0.3) is 0 Å².